The van der Waals surface area contributed by atoms with Crippen LogP contribution < -0.4 is 11.1 Å². The van der Waals surface area contributed by atoms with Crippen LogP contribution in [-0.4, -0.2) is 68.7 Å². The van der Waals surface area contributed by atoms with Crippen molar-refractivity contribution in [2.75, 3.05) is 18.8 Å². The summed E-state index contributed by atoms with van der Waals surface area (Å²) in [7, 11) is 0. The summed E-state index contributed by atoms with van der Waals surface area (Å²) in [5.74, 6) is -1.50. The monoisotopic (exact) mass is 370 g/mol. The lowest BCUT2D eigenvalue weighted by Crippen LogP contribution is -2.67. The van der Waals surface area contributed by atoms with Gasteiger partial charge in [-0.1, -0.05) is 11.8 Å². The highest BCUT2D eigenvalue weighted by Gasteiger charge is 2.48. The van der Waals surface area contributed by atoms with Gasteiger partial charge in [0.25, 0.3) is 5.24 Å². The summed E-state index contributed by atoms with van der Waals surface area (Å²) in [5.41, 5.74) is 5.02. The fourth-order valence-electron chi connectivity index (χ4n) is 3.96. The van der Waals surface area contributed by atoms with Gasteiger partial charge >= 0.3 is 11.8 Å². The van der Waals surface area contributed by atoms with Crippen molar-refractivity contribution in [1.82, 2.24) is 15.1 Å². The molecule has 0 aliphatic carbocycles. The molecule has 3 N–H and O–H groups in total. The molecule has 0 atom stereocenters. The van der Waals surface area contributed by atoms with Gasteiger partial charge in [0.05, 0.1) is 5.75 Å². The molecule has 0 saturated carbocycles. The maximum atomic E-state index is 12.7. The molecule has 25 heavy (non-hydrogen) atoms. The fourth-order valence-corrected chi connectivity index (χ4v) is 4.71. The van der Waals surface area contributed by atoms with E-state index in [4.69, 9.17) is 5.73 Å². The Morgan fingerprint density at radius 3 is 2.24 bits per heavy atom. The van der Waals surface area contributed by atoms with E-state index in [1.807, 2.05) is 27.7 Å². The summed E-state index contributed by atoms with van der Waals surface area (Å²) in [5, 5.41) is 2.20. The van der Waals surface area contributed by atoms with E-state index in [2.05, 4.69) is 5.32 Å². The second kappa shape index (κ2) is 6.95. The number of nitrogens with zero attached hydrogens (tertiary/aromatic N) is 2. The maximum absolute atomic E-state index is 12.7. The van der Waals surface area contributed by atoms with Crippen molar-refractivity contribution >= 4 is 34.7 Å². The quantitative estimate of drug-likeness (QED) is 0.691. The number of carbonyl (C=O) groups is 4. The van der Waals surface area contributed by atoms with Gasteiger partial charge in [0, 0.05) is 30.2 Å². The fraction of sp³-hybridized carbons (Fsp3) is 0.750. The Morgan fingerprint density at radius 2 is 1.76 bits per heavy atom. The predicted octanol–water partition coefficient (Wildman–Crippen LogP) is 0.305. The van der Waals surface area contributed by atoms with Crippen molar-refractivity contribution in [3.8, 4) is 0 Å². The first-order chi connectivity index (χ1) is 11.5. The average Bonchev–Trinajstić information content (AvgIpc) is 2.75. The first kappa shape index (κ1) is 19.7. The summed E-state index contributed by atoms with van der Waals surface area (Å²) in [4.78, 5) is 50.7. The molecule has 2 rings (SSSR count). The molecule has 2 saturated heterocycles. The van der Waals surface area contributed by atoms with E-state index >= 15 is 0 Å². The van der Waals surface area contributed by atoms with Crippen LogP contribution in [0.15, 0.2) is 0 Å². The summed E-state index contributed by atoms with van der Waals surface area (Å²) >= 11 is 0.939. The number of nitrogens with one attached hydrogen (secondary N) is 1. The van der Waals surface area contributed by atoms with Gasteiger partial charge in [-0.2, -0.15) is 0 Å². The van der Waals surface area contributed by atoms with E-state index in [9.17, 15) is 19.2 Å². The summed E-state index contributed by atoms with van der Waals surface area (Å²) in [6, 6.07) is -0.0261. The molecule has 0 aromatic rings. The molecule has 2 aliphatic rings. The molecule has 2 aliphatic heterocycles. The van der Waals surface area contributed by atoms with E-state index in [-0.39, 0.29) is 36.0 Å². The number of carbonyl (C=O) groups excluding carboxylic acids is 4. The smallest absolute Gasteiger partial charge is 0.312 e. The standard InChI is InChI=1S/C16H26N4O4S/c1-15(2)7-10(17)8-16(3,4)20(15)13(23)12(22)18-5-6-19-11(21)9-25-14(19)24/h10H,5-9,17H2,1-4H3,(H,18,22). The Labute approximate surface area is 151 Å². The lowest BCUT2D eigenvalue weighted by Gasteiger charge is -2.54. The van der Waals surface area contributed by atoms with Gasteiger partial charge < -0.3 is 16.0 Å². The van der Waals surface area contributed by atoms with Gasteiger partial charge in [0.2, 0.25) is 5.91 Å². The van der Waals surface area contributed by atoms with Gasteiger partial charge in [0.1, 0.15) is 0 Å². The minimum atomic E-state index is -0.733. The van der Waals surface area contributed by atoms with Crippen molar-refractivity contribution in [3.63, 3.8) is 0 Å². The van der Waals surface area contributed by atoms with Gasteiger partial charge in [-0.3, -0.25) is 24.1 Å². The number of thioether (sulfide) groups is 1. The first-order valence-corrected chi connectivity index (χ1v) is 9.29. The van der Waals surface area contributed by atoms with Gasteiger partial charge in [-0.15, -0.1) is 0 Å². The lowest BCUT2D eigenvalue weighted by molar-refractivity contribution is -0.159. The number of nitrogens with two attached hydrogens (primary N) is 1. The number of likely N-dealkylation sites (tertiary alicyclic amines) is 1. The number of hydrogen-bond acceptors (Lipinski definition) is 6. The molecule has 0 aromatic carbocycles. The number of rotatable bonds is 3. The number of hydrogen-bond donors (Lipinski definition) is 2. The predicted molar refractivity (Wildman–Crippen MR) is 94.8 cm³/mol. The van der Waals surface area contributed by atoms with Gasteiger partial charge in [-0.25, -0.2) is 0 Å². The normalized spacial score (nSPS) is 23.1. The van der Waals surface area contributed by atoms with Gasteiger partial charge in [0.15, 0.2) is 0 Å². The third kappa shape index (κ3) is 4.14. The van der Waals surface area contributed by atoms with E-state index in [0.29, 0.717) is 12.8 Å². The van der Waals surface area contributed by atoms with Crippen LogP contribution in [0.2, 0.25) is 0 Å². The summed E-state index contributed by atoms with van der Waals surface area (Å²) in [6.07, 6.45) is 1.23. The van der Waals surface area contributed by atoms with Crippen LogP contribution in [0.4, 0.5) is 4.79 Å². The van der Waals surface area contributed by atoms with Crippen LogP contribution in [0, 0.1) is 0 Å². The number of imide groups is 1. The minimum Gasteiger partial charge on any atom is -0.346 e. The van der Waals surface area contributed by atoms with E-state index in [0.717, 1.165) is 16.7 Å². The Kier molecular flexibility index (Phi) is 5.48. The molecule has 0 unspecified atom stereocenters. The van der Waals surface area contributed by atoms with E-state index in [1.54, 1.807) is 4.90 Å². The number of piperidine rings is 1. The van der Waals surface area contributed by atoms with Crippen LogP contribution in [0.3, 0.4) is 0 Å². The second-order valence-electron chi connectivity index (χ2n) is 7.79. The van der Waals surface area contributed by atoms with Crippen LogP contribution in [-0.2, 0) is 14.4 Å². The summed E-state index contributed by atoms with van der Waals surface area (Å²) in [6.45, 7) is 7.73. The van der Waals surface area contributed by atoms with Crippen molar-refractivity contribution < 1.29 is 19.2 Å². The lowest BCUT2D eigenvalue weighted by atomic mass is 9.77. The molecule has 140 valence electrons. The zero-order valence-corrected chi connectivity index (χ0v) is 15.9. The molecule has 4 amide bonds. The summed E-state index contributed by atoms with van der Waals surface area (Å²) < 4.78 is 0. The molecule has 0 bridgehead atoms. The highest BCUT2D eigenvalue weighted by atomic mass is 32.2. The van der Waals surface area contributed by atoms with Crippen LogP contribution >= 0.6 is 11.8 Å². The average molecular weight is 370 g/mol. The highest BCUT2D eigenvalue weighted by molar-refractivity contribution is 8.14. The van der Waals surface area contributed by atoms with E-state index < -0.39 is 22.9 Å². The van der Waals surface area contributed by atoms with Crippen molar-refractivity contribution in [1.29, 1.82) is 0 Å². The van der Waals surface area contributed by atoms with Gasteiger partial charge in [-0.05, 0) is 40.5 Å². The third-order valence-corrected chi connectivity index (χ3v) is 5.45. The second-order valence-corrected chi connectivity index (χ2v) is 8.72. The molecule has 0 spiro atoms. The van der Waals surface area contributed by atoms with Crippen LogP contribution in [0.25, 0.3) is 0 Å². The molecular formula is C16H26N4O4S. The first-order valence-electron chi connectivity index (χ1n) is 8.31. The largest absolute Gasteiger partial charge is 0.346 e. The van der Waals surface area contributed by atoms with Crippen molar-refractivity contribution in [2.45, 2.75) is 57.7 Å². The zero-order chi connectivity index (χ0) is 19.0. The third-order valence-electron chi connectivity index (χ3n) is 4.59. The Balaban J connectivity index is 1.98. The molecule has 8 nitrogen and oxygen atoms in total. The highest BCUT2D eigenvalue weighted by Crippen LogP contribution is 2.37. The molecular weight excluding hydrogens is 344 g/mol. The molecule has 9 heteroatoms. The molecule has 0 aromatic heterocycles. The Bertz CT molecular complexity index is 571. The van der Waals surface area contributed by atoms with Crippen LogP contribution in [0.5, 0.6) is 0 Å². The SMILES string of the molecule is CC1(C)CC(N)CC(C)(C)N1C(=O)C(=O)NCCN1C(=O)CSC1=O. The van der Waals surface area contributed by atoms with Crippen molar-refractivity contribution in [3.05, 3.63) is 0 Å². The topological polar surface area (TPSA) is 113 Å². The van der Waals surface area contributed by atoms with E-state index in [1.165, 1.54) is 0 Å². The Morgan fingerprint density at radius 1 is 1.20 bits per heavy atom. The number of amides is 4. The zero-order valence-electron chi connectivity index (χ0n) is 15.1. The van der Waals surface area contributed by atoms with Crippen LogP contribution in [0.1, 0.15) is 40.5 Å². The molecule has 2 heterocycles. The Hall–Kier alpha value is -1.61. The minimum absolute atomic E-state index is 0.0261. The maximum Gasteiger partial charge on any atom is 0.312 e. The van der Waals surface area contributed by atoms with Crippen molar-refractivity contribution in [2.24, 2.45) is 5.73 Å². The molecule has 0 radical (unpaired) electrons. The molecule has 2 fully saturated rings.